The molecule has 6 nitrogen and oxygen atoms in total. The van der Waals surface area contributed by atoms with E-state index >= 15 is 0 Å². The monoisotopic (exact) mass is 346 g/mol. The predicted octanol–water partition coefficient (Wildman–Crippen LogP) is 2.26. The fraction of sp³-hybridized carbons (Fsp3) is 0.529. The Labute approximate surface area is 145 Å². The number of thiophene rings is 1. The molecule has 128 valence electrons. The van der Waals surface area contributed by atoms with Crippen molar-refractivity contribution < 1.29 is 9.53 Å². The zero-order chi connectivity index (χ0) is 16.4. The van der Waals surface area contributed by atoms with Gasteiger partial charge < -0.3 is 15.0 Å². The summed E-state index contributed by atoms with van der Waals surface area (Å²) in [5.41, 5.74) is 1.07. The van der Waals surface area contributed by atoms with Gasteiger partial charge in [0.1, 0.15) is 0 Å². The first-order valence-electron chi connectivity index (χ1n) is 8.52. The van der Waals surface area contributed by atoms with Gasteiger partial charge in [0.2, 0.25) is 5.91 Å². The van der Waals surface area contributed by atoms with E-state index in [-0.39, 0.29) is 17.9 Å². The first kappa shape index (κ1) is 15.7. The van der Waals surface area contributed by atoms with Crippen LogP contribution in [0.3, 0.4) is 0 Å². The van der Waals surface area contributed by atoms with Gasteiger partial charge in [0.15, 0.2) is 5.82 Å². The minimum absolute atomic E-state index is 0.0442. The number of hydrogen-bond acceptors (Lipinski definition) is 5. The normalized spacial score (nSPS) is 22.0. The molecule has 1 unspecified atom stereocenters. The van der Waals surface area contributed by atoms with E-state index in [2.05, 4.69) is 37.9 Å². The van der Waals surface area contributed by atoms with Crippen LogP contribution in [0.4, 0.5) is 5.82 Å². The van der Waals surface area contributed by atoms with Crippen LogP contribution in [0.5, 0.6) is 0 Å². The van der Waals surface area contributed by atoms with Crippen LogP contribution < -0.4 is 10.2 Å². The maximum atomic E-state index is 12.2. The van der Waals surface area contributed by atoms with Crippen molar-refractivity contribution in [2.45, 2.75) is 25.3 Å². The van der Waals surface area contributed by atoms with Gasteiger partial charge in [0, 0.05) is 31.8 Å². The Morgan fingerprint density at radius 3 is 2.96 bits per heavy atom. The van der Waals surface area contributed by atoms with E-state index in [0.717, 1.165) is 43.9 Å². The summed E-state index contributed by atoms with van der Waals surface area (Å²) in [5, 5.41) is 12.8. The number of anilines is 1. The molecule has 0 aliphatic carbocycles. The lowest BCUT2D eigenvalue weighted by atomic mass is 10.0. The first-order chi connectivity index (χ1) is 11.8. The van der Waals surface area contributed by atoms with E-state index in [1.54, 1.807) is 11.3 Å². The number of nitrogens with one attached hydrogen (secondary N) is 2. The Kier molecular flexibility index (Phi) is 4.53. The Bertz CT molecular complexity index is 671. The highest BCUT2D eigenvalue weighted by Gasteiger charge is 2.27. The van der Waals surface area contributed by atoms with Crippen LogP contribution in [0.2, 0.25) is 0 Å². The minimum Gasteiger partial charge on any atom is -0.381 e. The molecule has 2 N–H and O–H groups in total. The van der Waals surface area contributed by atoms with Gasteiger partial charge in [0.25, 0.3) is 0 Å². The van der Waals surface area contributed by atoms with Gasteiger partial charge in [-0.1, -0.05) is 6.07 Å². The van der Waals surface area contributed by atoms with Crippen molar-refractivity contribution in [1.82, 2.24) is 15.5 Å². The highest BCUT2D eigenvalue weighted by atomic mass is 32.1. The number of carbonyl (C=O) groups is 1. The second-order valence-corrected chi connectivity index (χ2v) is 7.40. The summed E-state index contributed by atoms with van der Waals surface area (Å²) in [6.45, 7) is 3.12. The number of piperidine rings is 1. The van der Waals surface area contributed by atoms with Gasteiger partial charge in [-0.3, -0.25) is 9.89 Å². The summed E-state index contributed by atoms with van der Waals surface area (Å²) in [5.74, 6) is 1.20. The number of amides is 1. The fourth-order valence-electron chi connectivity index (χ4n) is 3.34. The lowest BCUT2D eigenvalue weighted by Crippen LogP contribution is -2.46. The van der Waals surface area contributed by atoms with Crippen LogP contribution in [0.1, 0.15) is 19.3 Å². The standard InChI is InChI=1S/C17H22N4O2S/c22-17(12-5-8-23-11-12)18-13-3-6-21(7-4-13)16-10-14(19-20-16)15-2-1-9-24-15/h1-2,9-10,12-13H,3-8,11H2,(H,18,22)(H,19,20). The molecular formula is C17H22N4O2S. The second-order valence-electron chi connectivity index (χ2n) is 6.45. The Balaban J connectivity index is 1.30. The molecule has 2 aliphatic heterocycles. The average molecular weight is 346 g/mol. The number of carbonyl (C=O) groups excluding carboxylic acids is 1. The van der Waals surface area contributed by atoms with Gasteiger partial charge in [-0.05, 0) is 30.7 Å². The molecule has 1 atom stereocenters. The van der Waals surface area contributed by atoms with E-state index in [1.807, 2.05) is 6.07 Å². The molecule has 2 aromatic rings. The third-order valence-electron chi connectivity index (χ3n) is 4.82. The molecule has 0 saturated carbocycles. The highest BCUT2D eigenvalue weighted by Crippen LogP contribution is 2.27. The molecule has 2 aromatic heterocycles. The molecule has 0 spiro atoms. The van der Waals surface area contributed by atoms with E-state index < -0.39 is 0 Å². The minimum atomic E-state index is 0.0442. The largest absolute Gasteiger partial charge is 0.381 e. The summed E-state index contributed by atoms with van der Waals surface area (Å²) >= 11 is 1.71. The second kappa shape index (κ2) is 6.94. The van der Waals surface area contributed by atoms with Crippen molar-refractivity contribution in [3.05, 3.63) is 23.6 Å². The summed E-state index contributed by atoms with van der Waals surface area (Å²) < 4.78 is 5.30. The molecule has 4 rings (SSSR count). The SMILES string of the molecule is O=C(NC1CCN(c2cc(-c3cccs3)[nH]n2)CC1)C1CCOC1. The zero-order valence-electron chi connectivity index (χ0n) is 13.5. The molecule has 2 fully saturated rings. The van der Waals surface area contributed by atoms with Crippen molar-refractivity contribution in [1.29, 1.82) is 0 Å². The molecular weight excluding hydrogens is 324 g/mol. The third-order valence-corrected chi connectivity index (χ3v) is 5.72. The van der Waals surface area contributed by atoms with E-state index in [0.29, 0.717) is 13.2 Å². The van der Waals surface area contributed by atoms with Crippen LogP contribution in [-0.2, 0) is 9.53 Å². The quantitative estimate of drug-likeness (QED) is 0.891. The number of hydrogen-bond donors (Lipinski definition) is 2. The molecule has 0 bridgehead atoms. The van der Waals surface area contributed by atoms with Gasteiger partial charge >= 0.3 is 0 Å². The van der Waals surface area contributed by atoms with Gasteiger partial charge in [-0.25, -0.2) is 0 Å². The number of rotatable bonds is 4. The molecule has 0 radical (unpaired) electrons. The molecule has 4 heterocycles. The number of aromatic amines is 1. The Hall–Kier alpha value is -1.86. The van der Waals surface area contributed by atoms with Crippen LogP contribution in [-0.4, -0.2) is 48.4 Å². The van der Waals surface area contributed by atoms with Gasteiger partial charge in [0.05, 0.1) is 23.1 Å². The van der Waals surface area contributed by atoms with Crippen molar-refractivity contribution in [2.75, 3.05) is 31.2 Å². The number of aromatic nitrogens is 2. The number of nitrogens with zero attached hydrogens (tertiary/aromatic N) is 2. The van der Waals surface area contributed by atoms with Crippen LogP contribution >= 0.6 is 11.3 Å². The van der Waals surface area contributed by atoms with Gasteiger partial charge in [-0.15, -0.1) is 11.3 Å². The average Bonchev–Trinajstić information content (AvgIpc) is 3.35. The summed E-state index contributed by atoms with van der Waals surface area (Å²) in [6, 6.07) is 6.52. The van der Waals surface area contributed by atoms with Crippen molar-refractivity contribution in [3.8, 4) is 10.6 Å². The molecule has 2 aliphatic rings. The van der Waals surface area contributed by atoms with Crippen molar-refractivity contribution in [2.24, 2.45) is 5.92 Å². The smallest absolute Gasteiger partial charge is 0.225 e. The molecule has 0 aromatic carbocycles. The van der Waals surface area contributed by atoms with E-state index in [1.165, 1.54) is 4.88 Å². The number of ether oxygens (including phenoxy) is 1. The molecule has 2 saturated heterocycles. The lowest BCUT2D eigenvalue weighted by Gasteiger charge is -2.32. The Morgan fingerprint density at radius 1 is 1.38 bits per heavy atom. The number of H-pyrrole nitrogens is 1. The molecule has 1 amide bonds. The van der Waals surface area contributed by atoms with E-state index in [4.69, 9.17) is 4.74 Å². The van der Waals surface area contributed by atoms with Crippen molar-refractivity contribution in [3.63, 3.8) is 0 Å². The van der Waals surface area contributed by atoms with E-state index in [9.17, 15) is 4.79 Å². The summed E-state index contributed by atoms with van der Waals surface area (Å²) in [4.78, 5) is 15.7. The highest BCUT2D eigenvalue weighted by molar-refractivity contribution is 7.13. The predicted molar refractivity (Wildman–Crippen MR) is 94.2 cm³/mol. The van der Waals surface area contributed by atoms with Crippen LogP contribution in [0.25, 0.3) is 10.6 Å². The van der Waals surface area contributed by atoms with Crippen molar-refractivity contribution >= 4 is 23.1 Å². The van der Waals surface area contributed by atoms with Crippen LogP contribution in [0, 0.1) is 5.92 Å². The van der Waals surface area contributed by atoms with Gasteiger partial charge in [-0.2, -0.15) is 5.10 Å². The Morgan fingerprint density at radius 2 is 2.25 bits per heavy atom. The first-order valence-corrected chi connectivity index (χ1v) is 9.40. The topological polar surface area (TPSA) is 70.2 Å². The maximum Gasteiger partial charge on any atom is 0.225 e. The fourth-order valence-corrected chi connectivity index (χ4v) is 4.04. The third kappa shape index (κ3) is 3.32. The molecule has 7 heteroatoms. The maximum absolute atomic E-state index is 12.2. The lowest BCUT2D eigenvalue weighted by molar-refractivity contribution is -0.125. The molecule has 24 heavy (non-hydrogen) atoms. The summed E-state index contributed by atoms with van der Waals surface area (Å²) in [6.07, 6.45) is 2.77. The zero-order valence-corrected chi connectivity index (χ0v) is 14.3. The summed E-state index contributed by atoms with van der Waals surface area (Å²) in [7, 11) is 0. The van der Waals surface area contributed by atoms with Crippen LogP contribution in [0.15, 0.2) is 23.6 Å².